The Morgan fingerprint density at radius 3 is 1.15 bits per heavy atom. The molecule has 422 valence electrons. The summed E-state index contributed by atoms with van der Waals surface area (Å²) < 4.78 is 23.0. The summed E-state index contributed by atoms with van der Waals surface area (Å²) in [5.74, 6) is -0.586. The lowest BCUT2D eigenvalue weighted by molar-refractivity contribution is -0.220. The molecule has 1 amide bonds. The Balaban J connectivity index is 2.39. The summed E-state index contributed by atoms with van der Waals surface area (Å²) in [6.45, 7) is 3.80. The van der Waals surface area contributed by atoms with Crippen molar-refractivity contribution in [2.75, 3.05) is 6.61 Å². The molecule has 1 saturated carbocycles. The zero-order valence-corrected chi connectivity index (χ0v) is 46.3. The van der Waals surface area contributed by atoms with Crippen molar-refractivity contribution in [1.29, 1.82) is 0 Å². The first kappa shape index (κ1) is 68.1. The standard InChI is InChI=1S/C57H112NO12P/c1-3-5-7-9-11-13-15-17-19-21-23-25-26-28-30-32-34-36-38-40-42-44-48(59)46-51(61)58-49(47-69-71(67,68)70-57-55(65)53(63)52(62)54(64)56(57)66)50(60)45-43-41-39-37-35-33-31-29-27-24-22-20-18-16-14-12-10-8-6-4-2/h43,45,48-50,52-57,59-60,62-66H,3-42,44,46-47H2,1-2H3,(H,58,61)(H,67,68)/b45-43+. The summed E-state index contributed by atoms with van der Waals surface area (Å²) in [5.41, 5.74) is 0. The second-order valence-corrected chi connectivity index (χ2v) is 22.8. The Labute approximate surface area is 433 Å². The summed E-state index contributed by atoms with van der Waals surface area (Å²) in [5, 5.41) is 74.9. The lowest BCUT2D eigenvalue weighted by Crippen LogP contribution is -2.64. The average Bonchev–Trinajstić information content (AvgIpc) is 3.35. The maximum atomic E-state index is 13.1. The third-order valence-electron chi connectivity index (χ3n) is 14.6. The summed E-state index contributed by atoms with van der Waals surface area (Å²) in [7, 11) is -5.15. The summed E-state index contributed by atoms with van der Waals surface area (Å²) >= 11 is 0. The van der Waals surface area contributed by atoms with Gasteiger partial charge in [-0.2, -0.15) is 0 Å². The predicted molar refractivity (Wildman–Crippen MR) is 289 cm³/mol. The minimum absolute atomic E-state index is 0.239. The molecule has 14 heteroatoms. The molecule has 0 aromatic heterocycles. The molecule has 1 fully saturated rings. The molecule has 9 N–H and O–H groups in total. The van der Waals surface area contributed by atoms with Crippen LogP contribution in [0.25, 0.3) is 0 Å². The molecule has 0 aromatic rings. The quantitative estimate of drug-likeness (QED) is 0.0158. The number of hydrogen-bond acceptors (Lipinski definition) is 11. The molecular weight excluding hydrogens is 922 g/mol. The highest BCUT2D eigenvalue weighted by Gasteiger charge is 2.51. The number of phosphoric acid groups is 1. The van der Waals surface area contributed by atoms with Crippen LogP contribution >= 0.6 is 7.82 Å². The maximum Gasteiger partial charge on any atom is 0.472 e. The molecule has 8 unspecified atom stereocenters. The van der Waals surface area contributed by atoms with Crippen LogP contribution in [0.3, 0.4) is 0 Å². The van der Waals surface area contributed by atoms with Gasteiger partial charge in [0.25, 0.3) is 0 Å². The number of rotatable bonds is 51. The van der Waals surface area contributed by atoms with Crippen molar-refractivity contribution in [3.63, 3.8) is 0 Å². The van der Waals surface area contributed by atoms with E-state index in [1.165, 1.54) is 212 Å². The molecule has 1 aliphatic rings. The fourth-order valence-electron chi connectivity index (χ4n) is 9.83. The SMILES string of the molecule is CCCCCCCCCCCCCCCCCCCC/C=C/C(O)C(COP(=O)(O)OC1C(O)C(O)C(O)C(O)C1O)NC(=O)CC(O)CCCCCCCCCCCCCCCCCCCCCCC. The normalized spacial score (nSPS) is 21.7. The molecule has 0 aromatic carbocycles. The van der Waals surface area contributed by atoms with Crippen LogP contribution in [0.5, 0.6) is 0 Å². The van der Waals surface area contributed by atoms with Gasteiger partial charge in [-0.15, -0.1) is 0 Å². The Morgan fingerprint density at radius 2 is 0.803 bits per heavy atom. The monoisotopic (exact) mass is 1030 g/mol. The zero-order valence-electron chi connectivity index (χ0n) is 45.4. The van der Waals surface area contributed by atoms with Gasteiger partial charge in [-0.05, 0) is 19.3 Å². The van der Waals surface area contributed by atoms with Gasteiger partial charge in [-0.1, -0.05) is 270 Å². The topological polar surface area (TPSA) is 226 Å². The number of amides is 1. The van der Waals surface area contributed by atoms with Crippen LogP contribution in [-0.4, -0.2) is 108 Å². The van der Waals surface area contributed by atoms with E-state index in [9.17, 15) is 50.0 Å². The molecule has 13 nitrogen and oxygen atoms in total. The molecule has 0 spiro atoms. The largest absolute Gasteiger partial charge is 0.472 e. The molecule has 0 saturated heterocycles. The second kappa shape index (κ2) is 46.4. The highest BCUT2D eigenvalue weighted by atomic mass is 31.2. The number of aliphatic hydroxyl groups excluding tert-OH is 7. The van der Waals surface area contributed by atoms with Gasteiger partial charge in [0.15, 0.2) is 0 Å². The third-order valence-corrected chi connectivity index (χ3v) is 15.6. The number of phosphoric ester groups is 1. The predicted octanol–water partition coefficient (Wildman–Crippen LogP) is 12.5. The zero-order chi connectivity index (χ0) is 52.2. The van der Waals surface area contributed by atoms with E-state index in [1.807, 2.05) is 0 Å². The van der Waals surface area contributed by atoms with Crippen LogP contribution in [-0.2, 0) is 18.4 Å². The van der Waals surface area contributed by atoms with Crippen LogP contribution in [0.4, 0.5) is 0 Å². The fraction of sp³-hybridized carbons (Fsp3) is 0.947. The van der Waals surface area contributed by atoms with Crippen LogP contribution in [0.2, 0.25) is 0 Å². The van der Waals surface area contributed by atoms with Crippen molar-refractivity contribution < 1.29 is 59.0 Å². The van der Waals surface area contributed by atoms with Crippen molar-refractivity contribution in [2.45, 2.75) is 338 Å². The molecule has 0 bridgehead atoms. The van der Waals surface area contributed by atoms with Crippen molar-refractivity contribution in [3.8, 4) is 0 Å². The summed E-state index contributed by atoms with van der Waals surface area (Å²) in [4.78, 5) is 23.6. The third kappa shape index (κ3) is 37.4. The number of nitrogens with one attached hydrogen (secondary N) is 1. The fourth-order valence-corrected chi connectivity index (χ4v) is 10.8. The first-order valence-corrected chi connectivity index (χ1v) is 31.2. The molecule has 0 radical (unpaired) electrons. The number of hydrogen-bond donors (Lipinski definition) is 9. The number of carbonyl (C=O) groups excluding carboxylic acids is 1. The number of carbonyl (C=O) groups is 1. The van der Waals surface area contributed by atoms with Gasteiger partial charge in [0.1, 0.15) is 36.6 Å². The first-order valence-electron chi connectivity index (χ1n) is 29.7. The van der Waals surface area contributed by atoms with Crippen LogP contribution < -0.4 is 5.32 Å². The smallest absolute Gasteiger partial charge is 0.393 e. The highest BCUT2D eigenvalue weighted by Crippen LogP contribution is 2.47. The van der Waals surface area contributed by atoms with E-state index < -0.39 is 75.2 Å². The van der Waals surface area contributed by atoms with Crippen molar-refractivity contribution in [1.82, 2.24) is 5.32 Å². The molecular formula is C57H112NO12P. The van der Waals surface area contributed by atoms with E-state index in [1.54, 1.807) is 6.08 Å². The van der Waals surface area contributed by atoms with Gasteiger partial charge < -0.3 is 46.0 Å². The van der Waals surface area contributed by atoms with Gasteiger partial charge in [-0.25, -0.2) is 4.57 Å². The van der Waals surface area contributed by atoms with E-state index in [2.05, 4.69) is 19.2 Å². The average molecular weight is 1030 g/mol. The van der Waals surface area contributed by atoms with Gasteiger partial charge in [0.2, 0.25) is 5.91 Å². The lowest BCUT2D eigenvalue weighted by atomic mass is 9.85. The van der Waals surface area contributed by atoms with E-state index >= 15 is 0 Å². The molecule has 71 heavy (non-hydrogen) atoms. The Bertz CT molecular complexity index is 1260. The van der Waals surface area contributed by atoms with Crippen molar-refractivity contribution in [2.24, 2.45) is 0 Å². The van der Waals surface area contributed by atoms with Gasteiger partial charge >= 0.3 is 7.82 Å². The van der Waals surface area contributed by atoms with E-state index in [4.69, 9.17) is 9.05 Å². The van der Waals surface area contributed by atoms with Crippen LogP contribution in [0.15, 0.2) is 12.2 Å². The summed E-state index contributed by atoms with van der Waals surface area (Å²) in [6.07, 6.45) is 40.1. The molecule has 0 heterocycles. The van der Waals surface area contributed by atoms with E-state index in [0.717, 1.165) is 44.9 Å². The second-order valence-electron chi connectivity index (χ2n) is 21.4. The maximum absolute atomic E-state index is 13.1. The minimum Gasteiger partial charge on any atom is -0.393 e. The molecule has 8 atom stereocenters. The first-order chi connectivity index (χ1) is 34.3. The number of allylic oxidation sites excluding steroid dienone is 1. The molecule has 1 aliphatic carbocycles. The van der Waals surface area contributed by atoms with Gasteiger partial charge in [0, 0.05) is 0 Å². The molecule has 1 rings (SSSR count). The van der Waals surface area contributed by atoms with E-state index in [0.29, 0.717) is 12.8 Å². The number of unbranched alkanes of at least 4 members (excludes halogenated alkanes) is 38. The van der Waals surface area contributed by atoms with Crippen molar-refractivity contribution >= 4 is 13.7 Å². The molecule has 0 aliphatic heterocycles. The number of aliphatic hydroxyl groups is 7. The highest BCUT2D eigenvalue weighted by molar-refractivity contribution is 7.47. The Morgan fingerprint density at radius 1 is 0.493 bits per heavy atom. The van der Waals surface area contributed by atoms with Crippen LogP contribution in [0, 0.1) is 0 Å². The van der Waals surface area contributed by atoms with Crippen LogP contribution in [0.1, 0.15) is 284 Å². The Kier molecular flexibility index (Phi) is 44.4. The van der Waals surface area contributed by atoms with Crippen molar-refractivity contribution in [3.05, 3.63) is 12.2 Å². The lowest BCUT2D eigenvalue weighted by Gasteiger charge is -2.41. The van der Waals surface area contributed by atoms with Gasteiger partial charge in [0.05, 0.1) is 31.3 Å². The minimum atomic E-state index is -5.15. The summed E-state index contributed by atoms with van der Waals surface area (Å²) in [6, 6.07) is -1.24. The Hall–Kier alpha value is -0.960. The van der Waals surface area contributed by atoms with E-state index in [-0.39, 0.29) is 6.42 Å². The van der Waals surface area contributed by atoms with Gasteiger partial charge in [-0.3, -0.25) is 13.8 Å².